The molecule has 1 rings (SSSR count). The molecule has 0 radical (unpaired) electrons. The van der Waals surface area contributed by atoms with Gasteiger partial charge >= 0.3 is 6.09 Å². The number of hydrogen-bond acceptors (Lipinski definition) is 3. The maximum absolute atomic E-state index is 12.2. The zero-order chi connectivity index (χ0) is 14.3. The van der Waals surface area contributed by atoms with Gasteiger partial charge in [-0.05, 0) is 40.0 Å². The van der Waals surface area contributed by atoms with Gasteiger partial charge in [-0.15, -0.1) is 12.3 Å². The van der Waals surface area contributed by atoms with Crippen LogP contribution < -0.4 is 5.32 Å². The SMILES string of the molecule is C#CCCNCC1CCCCN1C(=O)OC(C)(C)C. The van der Waals surface area contributed by atoms with Crippen LogP contribution in [0.25, 0.3) is 0 Å². The average molecular weight is 266 g/mol. The fourth-order valence-electron chi connectivity index (χ4n) is 2.20. The summed E-state index contributed by atoms with van der Waals surface area (Å²) in [6.45, 7) is 8.07. The van der Waals surface area contributed by atoms with Crippen molar-refractivity contribution in [2.75, 3.05) is 19.6 Å². The van der Waals surface area contributed by atoms with Crippen LogP contribution in [0.1, 0.15) is 46.5 Å². The molecule has 1 aliphatic heterocycles. The van der Waals surface area contributed by atoms with Gasteiger partial charge < -0.3 is 15.0 Å². The van der Waals surface area contributed by atoms with Crippen LogP contribution in [0.2, 0.25) is 0 Å². The Kier molecular flexibility index (Phi) is 6.17. The summed E-state index contributed by atoms with van der Waals surface area (Å²) in [5, 5.41) is 3.31. The van der Waals surface area contributed by atoms with Crippen LogP contribution >= 0.6 is 0 Å². The average Bonchev–Trinajstić information content (AvgIpc) is 2.33. The van der Waals surface area contributed by atoms with Gasteiger partial charge in [0.1, 0.15) is 5.60 Å². The van der Waals surface area contributed by atoms with Crippen molar-refractivity contribution in [3.05, 3.63) is 0 Å². The molecule has 1 atom stereocenters. The molecule has 4 heteroatoms. The van der Waals surface area contributed by atoms with E-state index in [-0.39, 0.29) is 12.1 Å². The third-order valence-electron chi connectivity index (χ3n) is 3.08. The molecule has 1 fully saturated rings. The number of rotatable bonds is 4. The van der Waals surface area contributed by atoms with Gasteiger partial charge in [-0.1, -0.05) is 0 Å². The lowest BCUT2D eigenvalue weighted by Crippen LogP contribution is -2.50. The fourth-order valence-corrected chi connectivity index (χ4v) is 2.20. The van der Waals surface area contributed by atoms with E-state index in [1.54, 1.807) is 0 Å². The Morgan fingerprint density at radius 1 is 1.47 bits per heavy atom. The number of nitrogens with one attached hydrogen (secondary N) is 1. The minimum absolute atomic E-state index is 0.198. The monoisotopic (exact) mass is 266 g/mol. The third-order valence-corrected chi connectivity index (χ3v) is 3.08. The number of ether oxygens (including phenoxy) is 1. The number of piperidine rings is 1. The first-order valence-electron chi connectivity index (χ1n) is 7.08. The first kappa shape index (κ1) is 15.8. The molecule has 4 nitrogen and oxygen atoms in total. The lowest BCUT2D eigenvalue weighted by Gasteiger charge is -2.36. The van der Waals surface area contributed by atoms with Gasteiger partial charge in [-0.3, -0.25) is 0 Å². The summed E-state index contributed by atoms with van der Waals surface area (Å²) in [4.78, 5) is 14.0. The number of carbonyl (C=O) groups is 1. The molecular weight excluding hydrogens is 240 g/mol. The van der Waals surface area contributed by atoms with E-state index in [0.717, 1.165) is 38.9 Å². The molecule has 1 unspecified atom stereocenters. The Morgan fingerprint density at radius 2 is 2.21 bits per heavy atom. The quantitative estimate of drug-likeness (QED) is 0.627. The molecular formula is C15H26N2O2. The number of nitrogens with zero attached hydrogens (tertiary/aromatic N) is 1. The van der Waals surface area contributed by atoms with Crippen LogP contribution in [0.4, 0.5) is 4.79 Å². The second-order valence-electron chi connectivity index (χ2n) is 5.98. The largest absolute Gasteiger partial charge is 0.444 e. The predicted octanol–water partition coefficient (Wildman–Crippen LogP) is 2.39. The first-order valence-corrected chi connectivity index (χ1v) is 7.08. The van der Waals surface area contributed by atoms with Crippen LogP contribution in [0.3, 0.4) is 0 Å². The summed E-state index contributed by atoms with van der Waals surface area (Å²) < 4.78 is 5.46. The van der Waals surface area contributed by atoms with E-state index in [0.29, 0.717) is 0 Å². The fraction of sp³-hybridized carbons (Fsp3) is 0.800. The van der Waals surface area contributed by atoms with Crippen molar-refractivity contribution < 1.29 is 9.53 Å². The molecule has 1 heterocycles. The summed E-state index contributed by atoms with van der Waals surface area (Å²) in [6.07, 6.45) is 8.99. The lowest BCUT2D eigenvalue weighted by molar-refractivity contribution is 0.01000. The van der Waals surface area contributed by atoms with Crippen molar-refractivity contribution in [2.24, 2.45) is 0 Å². The highest BCUT2D eigenvalue weighted by Crippen LogP contribution is 2.19. The molecule has 108 valence electrons. The molecule has 1 saturated heterocycles. The molecule has 0 aromatic rings. The van der Waals surface area contributed by atoms with Gasteiger partial charge in [0.2, 0.25) is 0 Å². The summed E-state index contributed by atoms with van der Waals surface area (Å²) in [7, 11) is 0. The molecule has 1 aliphatic rings. The summed E-state index contributed by atoms with van der Waals surface area (Å²) in [6, 6.07) is 0.223. The number of likely N-dealkylation sites (tertiary alicyclic amines) is 1. The van der Waals surface area contributed by atoms with E-state index in [1.165, 1.54) is 6.42 Å². The maximum Gasteiger partial charge on any atom is 0.410 e. The van der Waals surface area contributed by atoms with E-state index in [2.05, 4.69) is 11.2 Å². The Hall–Kier alpha value is -1.21. The van der Waals surface area contributed by atoms with Crippen molar-refractivity contribution in [2.45, 2.75) is 58.1 Å². The Balaban J connectivity index is 2.47. The van der Waals surface area contributed by atoms with Crippen molar-refractivity contribution in [3.63, 3.8) is 0 Å². The Labute approximate surface area is 116 Å². The molecule has 1 amide bonds. The molecule has 0 saturated carbocycles. The number of amides is 1. The van der Waals surface area contributed by atoms with E-state index in [1.807, 2.05) is 25.7 Å². The normalized spacial score (nSPS) is 19.9. The van der Waals surface area contributed by atoms with Crippen LogP contribution in [0.15, 0.2) is 0 Å². The minimum atomic E-state index is -0.435. The van der Waals surface area contributed by atoms with E-state index >= 15 is 0 Å². The molecule has 0 spiro atoms. The van der Waals surface area contributed by atoms with Crippen molar-refractivity contribution in [1.82, 2.24) is 10.2 Å². The van der Waals surface area contributed by atoms with E-state index < -0.39 is 5.60 Å². The van der Waals surface area contributed by atoms with Crippen molar-refractivity contribution in [1.29, 1.82) is 0 Å². The Bertz CT molecular complexity index is 328. The van der Waals surface area contributed by atoms with Gasteiger partial charge in [0.25, 0.3) is 0 Å². The van der Waals surface area contributed by atoms with E-state index in [9.17, 15) is 4.79 Å². The summed E-state index contributed by atoms with van der Waals surface area (Å²) in [5.41, 5.74) is -0.435. The van der Waals surface area contributed by atoms with E-state index in [4.69, 9.17) is 11.2 Å². The standard InChI is InChI=1S/C15H26N2O2/c1-5-6-10-16-12-13-9-7-8-11-17(13)14(18)19-15(2,3)4/h1,13,16H,6-12H2,2-4H3. The highest BCUT2D eigenvalue weighted by Gasteiger charge is 2.29. The van der Waals surface area contributed by atoms with Crippen molar-refractivity contribution >= 4 is 6.09 Å². The molecule has 0 bridgehead atoms. The lowest BCUT2D eigenvalue weighted by atomic mass is 10.0. The topological polar surface area (TPSA) is 41.6 Å². The number of terminal acetylenes is 1. The summed E-state index contributed by atoms with van der Waals surface area (Å²) in [5.74, 6) is 2.60. The third kappa shape index (κ3) is 5.98. The van der Waals surface area contributed by atoms with Gasteiger partial charge in [0, 0.05) is 32.1 Å². The summed E-state index contributed by atoms with van der Waals surface area (Å²) >= 11 is 0. The highest BCUT2D eigenvalue weighted by atomic mass is 16.6. The van der Waals surface area contributed by atoms with Gasteiger partial charge in [-0.2, -0.15) is 0 Å². The van der Waals surface area contributed by atoms with Crippen LogP contribution in [0.5, 0.6) is 0 Å². The maximum atomic E-state index is 12.2. The van der Waals surface area contributed by atoms with Crippen LogP contribution in [0, 0.1) is 12.3 Å². The van der Waals surface area contributed by atoms with Gasteiger partial charge in [-0.25, -0.2) is 4.79 Å². The number of carbonyl (C=O) groups excluding carboxylic acids is 1. The zero-order valence-electron chi connectivity index (χ0n) is 12.4. The van der Waals surface area contributed by atoms with Crippen LogP contribution in [-0.2, 0) is 4.74 Å². The smallest absolute Gasteiger partial charge is 0.410 e. The molecule has 0 aromatic heterocycles. The minimum Gasteiger partial charge on any atom is -0.444 e. The Morgan fingerprint density at radius 3 is 2.84 bits per heavy atom. The first-order chi connectivity index (χ1) is 8.94. The van der Waals surface area contributed by atoms with Crippen LogP contribution in [-0.4, -0.2) is 42.3 Å². The molecule has 19 heavy (non-hydrogen) atoms. The molecule has 0 aliphatic carbocycles. The van der Waals surface area contributed by atoms with Gasteiger partial charge in [0.15, 0.2) is 0 Å². The number of hydrogen-bond donors (Lipinski definition) is 1. The molecule has 0 aromatic carbocycles. The highest BCUT2D eigenvalue weighted by molar-refractivity contribution is 5.68. The second-order valence-corrected chi connectivity index (χ2v) is 5.98. The van der Waals surface area contributed by atoms with Crippen molar-refractivity contribution in [3.8, 4) is 12.3 Å². The molecule has 1 N–H and O–H groups in total. The predicted molar refractivity (Wildman–Crippen MR) is 76.9 cm³/mol. The zero-order valence-corrected chi connectivity index (χ0v) is 12.4. The van der Waals surface area contributed by atoms with Gasteiger partial charge in [0.05, 0.1) is 0 Å². The second kappa shape index (κ2) is 7.40.